The van der Waals surface area contributed by atoms with Gasteiger partial charge in [0.15, 0.2) is 0 Å². The van der Waals surface area contributed by atoms with Crippen LogP contribution in [0.4, 0.5) is 0 Å². The van der Waals surface area contributed by atoms with Gasteiger partial charge in [-0.2, -0.15) is 0 Å². The number of allylic oxidation sites excluding steroid dienone is 10. The lowest BCUT2D eigenvalue weighted by Gasteiger charge is -2.20. The Hall–Kier alpha value is -2.33. The number of ether oxygens (including phenoxy) is 2. The molecule has 3 atom stereocenters. The summed E-state index contributed by atoms with van der Waals surface area (Å²) < 4.78 is 32.5. The molecule has 0 heterocycles. The fourth-order valence-electron chi connectivity index (χ4n) is 5.81. The molecule has 11 heteroatoms. The van der Waals surface area contributed by atoms with Gasteiger partial charge in [-0.3, -0.25) is 18.6 Å². The van der Waals surface area contributed by atoms with E-state index < -0.39 is 58.4 Å². The van der Waals surface area contributed by atoms with Gasteiger partial charge in [-0.25, -0.2) is 4.57 Å². The molecule has 0 aliphatic heterocycles. The molecule has 10 nitrogen and oxygen atoms in total. The monoisotopic (exact) mass is 825 g/mol. The van der Waals surface area contributed by atoms with Gasteiger partial charge in [-0.05, 0) is 77.0 Å². The number of hydrogen-bond acceptors (Lipinski definition) is 9. The highest BCUT2D eigenvalue weighted by atomic mass is 31.2. The third kappa shape index (κ3) is 40.2. The Bertz CT molecular complexity index is 1130. The van der Waals surface area contributed by atoms with E-state index in [-0.39, 0.29) is 12.8 Å². The van der Waals surface area contributed by atoms with Crippen molar-refractivity contribution in [3.8, 4) is 0 Å². The second-order valence-electron chi connectivity index (χ2n) is 14.6. The van der Waals surface area contributed by atoms with Crippen LogP contribution < -0.4 is 0 Å². The van der Waals surface area contributed by atoms with Crippen LogP contribution in [0.5, 0.6) is 0 Å². The Kier molecular flexibility index (Phi) is 40.1. The van der Waals surface area contributed by atoms with E-state index in [1.165, 1.54) is 83.5 Å². The van der Waals surface area contributed by atoms with Crippen molar-refractivity contribution in [2.24, 2.45) is 0 Å². The maximum Gasteiger partial charge on any atom is 0.472 e. The topological polar surface area (TPSA) is 149 Å². The molecular formula is C46H81O10P. The van der Waals surface area contributed by atoms with Gasteiger partial charge in [0, 0.05) is 12.8 Å². The third-order valence-electron chi connectivity index (χ3n) is 9.21. The summed E-state index contributed by atoms with van der Waals surface area (Å²) in [5.74, 6) is -1.06. The van der Waals surface area contributed by atoms with Crippen molar-refractivity contribution in [3.05, 3.63) is 60.8 Å². The van der Waals surface area contributed by atoms with Gasteiger partial charge in [0.25, 0.3) is 0 Å². The molecule has 330 valence electrons. The highest BCUT2D eigenvalue weighted by Crippen LogP contribution is 2.43. The number of hydrogen-bond donors (Lipinski definition) is 3. The first kappa shape index (κ1) is 54.7. The molecule has 0 amide bonds. The first-order chi connectivity index (χ1) is 27.8. The quantitative estimate of drug-likeness (QED) is 0.0235. The zero-order valence-corrected chi connectivity index (χ0v) is 36.7. The predicted molar refractivity (Wildman–Crippen MR) is 233 cm³/mol. The smallest absolute Gasteiger partial charge is 0.457 e. The van der Waals surface area contributed by atoms with Crippen LogP contribution in [0.15, 0.2) is 60.8 Å². The lowest BCUT2D eigenvalue weighted by molar-refractivity contribution is -0.153. The van der Waals surface area contributed by atoms with Crippen LogP contribution in [-0.2, 0) is 32.7 Å². The molecule has 0 fully saturated rings. The zero-order chi connectivity index (χ0) is 41.9. The standard InChI is InChI=1S/C46H81O10P/c1-3-5-7-9-11-13-15-17-19-20-21-22-24-26-28-30-32-34-36-38-46(50)56-44(40-48)42-54-57(51,52)53-41-43(39-47)55-45(49)37-35-33-31-29-27-25-23-18-16-14-12-10-8-6-4-2/h6,8,12,14,17-19,23,27,29,43-44,47-48H,3-5,7,9-11,13,15-16,20-22,24-26,28,30-42H2,1-2H3,(H,51,52)/b8-6-,14-12-,19-17-,23-18-,29-27-. The fourth-order valence-corrected chi connectivity index (χ4v) is 6.59. The van der Waals surface area contributed by atoms with Crippen molar-refractivity contribution < 1.29 is 47.8 Å². The van der Waals surface area contributed by atoms with Crippen molar-refractivity contribution in [1.82, 2.24) is 0 Å². The molecule has 0 aromatic carbocycles. The summed E-state index contributed by atoms with van der Waals surface area (Å²) >= 11 is 0. The Labute approximate surface area is 346 Å². The van der Waals surface area contributed by atoms with E-state index in [1.54, 1.807) is 0 Å². The number of carbonyl (C=O) groups is 2. The average Bonchev–Trinajstić information content (AvgIpc) is 3.20. The molecule has 3 unspecified atom stereocenters. The molecule has 0 spiro atoms. The van der Waals surface area contributed by atoms with Gasteiger partial charge in [0.05, 0.1) is 26.4 Å². The van der Waals surface area contributed by atoms with E-state index in [9.17, 15) is 29.3 Å². The van der Waals surface area contributed by atoms with Gasteiger partial charge < -0.3 is 24.6 Å². The molecule has 3 N–H and O–H groups in total. The minimum atomic E-state index is -4.65. The van der Waals surface area contributed by atoms with Gasteiger partial charge in [0.2, 0.25) is 0 Å². The summed E-state index contributed by atoms with van der Waals surface area (Å²) in [6, 6.07) is 0. The van der Waals surface area contributed by atoms with Crippen LogP contribution in [0.1, 0.15) is 181 Å². The average molecular weight is 825 g/mol. The number of aliphatic hydroxyl groups excluding tert-OH is 2. The summed E-state index contributed by atoms with van der Waals surface area (Å²) in [5.41, 5.74) is 0. The second kappa shape index (κ2) is 41.8. The summed E-state index contributed by atoms with van der Waals surface area (Å²) in [6.07, 6.45) is 46.3. The molecule has 0 radical (unpaired) electrons. The van der Waals surface area contributed by atoms with E-state index in [1.807, 2.05) is 0 Å². The number of phosphoric ester groups is 1. The number of aliphatic hydroxyl groups is 2. The molecule has 0 rings (SSSR count). The fraction of sp³-hybridized carbons (Fsp3) is 0.739. The van der Waals surface area contributed by atoms with Gasteiger partial charge in [-0.15, -0.1) is 0 Å². The highest BCUT2D eigenvalue weighted by Gasteiger charge is 2.27. The van der Waals surface area contributed by atoms with Gasteiger partial charge in [0.1, 0.15) is 12.2 Å². The number of unbranched alkanes of at least 4 members (excludes halogenated alkanes) is 17. The van der Waals surface area contributed by atoms with Crippen LogP contribution in [-0.4, -0.2) is 65.7 Å². The molecule has 0 bridgehead atoms. The van der Waals surface area contributed by atoms with Crippen molar-refractivity contribution in [2.45, 2.75) is 193 Å². The minimum Gasteiger partial charge on any atom is -0.457 e. The van der Waals surface area contributed by atoms with Crippen LogP contribution in [0.3, 0.4) is 0 Å². The summed E-state index contributed by atoms with van der Waals surface area (Å²) in [4.78, 5) is 34.5. The molecule has 0 saturated carbocycles. The normalized spacial score (nSPS) is 14.4. The predicted octanol–water partition coefficient (Wildman–Crippen LogP) is 11.9. The van der Waals surface area contributed by atoms with Crippen LogP contribution in [0.25, 0.3) is 0 Å². The van der Waals surface area contributed by atoms with Crippen molar-refractivity contribution in [1.29, 1.82) is 0 Å². The zero-order valence-electron chi connectivity index (χ0n) is 35.8. The molecular weight excluding hydrogens is 743 g/mol. The second-order valence-corrected chi connectivity index (χ2v) is 16.1. The van der Waals surface area contributed by atoms with E-state index in [2.05, 4.69) is 74.6 Å². The van der Waals surface area contributed by atoms with E-state index in [0.717, 1.165) is 57.8 Å². The highest BCUT2D eigenvalue weighted by molar-refractivity contribution is 7.47. The first-order valence-electron chi connectivity index (χ1n) is 22.2. The SMILES string of the molecule is CC/C=C\C/C=C\C/C=C\C/C=C\CCCCC(=O)OC(CO)COP(=O)(O)OCC(CO)OC(=O)CCCCCCCCCCC/C=C\CCCCCCCC. The lowest BCUT2D eigenvalue weighted by Crippen LogP contribution is -2.28. The minimum absolute atomic E-state index is 0.138. The maximum absolute atomic E-state index is 12.4. The molecule has 0 aromatic heterocycles. The van der Waals surface area contributed by atoms with E-state index in [4.69, 9.17) is 18.5 Å². The third-order valence-corrected chi connectivity index (χ3v) is 10.2. The van der Waals surface area contributed by atoms with Crippen LogP contribution >= 0.6 is 7.82 Å². The largest absolute Gasteiger partial charge is 0.472 e. The molecule has 0 aliphatic rings. The molecule has 0 aliphatic carbocycles. The Morgan fingerprint density at radius 2 is 0.825 bits per heavy atom. The van der Waals surface area contributed by atoms with Crippen LogP contribution in [0, 0.1) is 0 Å². The molecule has 57 heavy (non-hydrogen) atoms. The molecule has 0 saturated heterocycles. The number of rotatable bonds is 41. The number of phosphoric acid groups is 1. The first-order valence-corrected chi connectivity index (χ1v) is 23.7. The Morgan fingerprint density at radius 1 is 0.491 bits per heavy atom. The van der Waals surface area contributed by atoms with E-state index in [0.29, 0.717) is 12.8 Å². The van der Waals surface area contributed by atoms with Crippen LogP contribution in [0.2, 0.25) is 0 Å². The van der Waals surface area contributed by atoms with E-state index >= 15 is 0 Å². The number of carbonyl (C=O) groups excluding carboxylic acids is 2. The Morgan fingerprint density at radius 3 is 1.25 bits per heavy atom. The summed E-state index contributed by atoms with van der Waals surface area (Å²) in [7, 11) is -4.65. The lowest BCUT2D eigenvalue weighted by atomic mass is 10.1. The Balaban J connectivity index is 3.95. The maximum atomic E-state index is 12.4. The molecule has 0 aromatic rings. The number of esters is 2. The van der Waals surface area contributed by atoms with Crippen molar-refractivity contribution >= 4 is 19.8 Å². The van der Waals surface area contributed by atoms with Gasteiger partial charge >= 0.3 is 19.8 Å². The summed E-state index contributed by atoms with van der Waals surface area (Å²) in [6.45, 7) is 2.04. The summed E-state index contributed by atoms with van der Waals surface area (Å²) in [5, 5.41) is 19.2. The van der Waals surface area contributed by atoms with Crippen molar-refractivity contribution in [3.63, 3.8) is 0 Å². The van der Waals surface area contributed by atoms with Crippen molar-refractivity contribution in [2.75, 3.05) is 26.4 Å². The van der Waals surface area contributed by atoms with Gasteiger partial charge in [-0.1, -0.05) is 152 Å².